The van der Waals surface area contributed by atoms with Crippen LogP contribution in [0.2, 0.25) is 0 Å². The van der Waals surface area contributed by atoms with E-state index in [1.165, 1.54) is 53.6 Å². The molecule has 2 rings (SSSR count). The van der Waals surface area contributed by atoms with Gasteiger partial charge >= 0.3 is 0 Å². The molecule has 0 radical (unpaired) electrons. The van der Waals surface area contributed by atoms with Crippen molar-refractivity contribution >= 4 is 22.8 Å². The zero-order valence-corrected chi connectivity index (χ0v) is 22.7. The van der Waals surface area contributed by atoms with Crippen LogP contribution in [0, 0.1) is 0 Å². The summed E-state index contributed by atoms with van der Waals surface area (Å²) in [4.78, 5) is 10.4. The second kappa shape index (κ2) is 16.0. The number of nitrogens with zero attached hydrogens (tertiary/aromatic N) is 2. The summed E-state index contributed by atoms with van der Waals surface area (Å²) in [6.45, 7) is 13.4. The maximum absolute atomic E-state index is 5.21. The SMILES string of the molecule is CCCCCCC(=N\c1cc(CC)cc(CC)c1)/C(CC)=N/c1cc(CC)cc(CC)c1.[Ni]. The Morgan fingerprint density at radius 3 is 1.33 bits per heavy atom. The van der Waals surface area contributed by atoms with Crippen LogP contribution in [-0.4, -0.2) is 11.4 Å². The second-order valence-electron chi connectivity index (χ2n) is 8.71. The first kappa shape index (κ1) is 29.3. The van der Waals surface area contributed by atoms with E-state index < -0.39 is 0 Å². The number of aliphatic imine (C=N–C) groups is 2. The molecule has 0 saturated heterocycles. The predicted molar refractivity (Wildman–Crippen MR) is 144 cm³/mol. The zero-order valence-electron chi connectivity index (χ0n) is 21.7. The van der Waals surface area contributed by atoms with Crippen LogP contribution < -0.4 is 0 Å². The second-order valence-corrected chi connectivity index (χ2v) is 8.71. The molecule has 0 aliphatic rings. The first-order valence-corrected chi connectivity index (χ1v) is 13.0. The molecule has 0 aliphatic carbocycles. The molecule has 0 amide bonds. The Morgan fingerprint density at radius 2 is 0.970 bits per heavy atom. The Morgan fingerprint density at radius 1 is 0.545 bits per heavy atom. The van der Waals surface area contributed by atoms with Gasteiger partial charge in [-0.15, -0.1) is 0 Å². The van der Waals surface area contributed by atoms with Gasteiger partial charge in [0.05, 0.1) is 22.8 Å². The Hall–Kier alpha value is -1.73. The van der Waals surface area contributed by atoms with Crippen LogP contribution in [0.1, 0.15) is 102 Å². The van der Waals surface area contributed by atoms with Gasteiger partial charge in [0, 0.05) is 16.5 Å². The van der Waals surface area contributed by atoms with E-state index in [1.54, 1.807) is 0 Å². The molecule has 2 aromatic carbocycles. The van der Waals surface area contributed by atoms with Gasteiger partial charge in [0.15, 0.2) is 0 Å². The summed E-state index contributed by atoms with van der Waals surface area (Å²) in [5.74, 6) is 0. The van der Waals surface area contributed by atoms with Crippen molar-refractivity contribution in [1.82, 2.24) is 0 Å². The van der Waals surface area contributed by atoms with E-state index in [4.69, 9.17) is 9.98 Å². The summed E-state index contributed by atoms with van der Waals surface area (Å²) in [7, 11) is 0. The van der Waals surface area contributed by atoms with Gasteiger partial charge in [-0.1, -0.05) is 72.9 Å². The van der Waals surface area contributed by atoms with Crippen molar-refractivity contribution in [2.45, 2.75) is 106 Å². The van der Waals surface area contributed by atoms with E-state index in [-0.39, 0.29) is 16.5 Å². The van der Waals surface area contributed by atoms with E-state index in [1.807, 2.05) is 0 Å². The third kappa shape index (κ3) is 9.58. The standard InChI is InChI=1S/C30H44N2.Ni/c1-7-13-14-15-16-30(32-28-21-25(10-4)18-26(11-5)22-28)29(12-6)31-27-19-23(8-2)17-24(9-3)20-27;/h17-22H,7-16H2,1-6H3;/b31-29+,32-30+;. The predicted octanol–water partition coefficient (Wildman–Crippen LogP) is 9.16. The molecule has 3 heteroatoms. The van der Waals surface area contributed by atoms with Gasteiger partial charge in [-0.05, 0) is 91.5 Å². The Labute approximate surface area is 213 Å². The maximum atomic E-state index is 5.21. The van der Waals surface area contributed by atoms with E-state index in [0.717, 1.165) is 55.6 Å². The zero-order chi connectivity index (χ0) is 23.3. The van der Waals surface area contributed by atoms with E-state index in [0.29, 0.717) is 0 Å². The minimum absolute atomic E-state index is 0. The third-order valence-corrected chi connectivity index (χ3v) is 6.17. The molecule has 2 aromatic rings. The van der Waals surface area contributed by atoms with Crippen molar-refractivity contribution in [2.24, 2.45) is 9.98 Å². The summed E-state index contributed by atoms with van der Waals surface area (Å²) in [5, 5.41) is 0. The molecule has 0 aliphatic heterocycles. The van der Waals surface area contributed by atoms with Crippen molar-refractivity contribution in [3.05, 3.63) is 58.7 Å². The van der Waals surface area contributed by atoms with Crippen LogP contribution in [-0.2, 0) is 42.2 Å². The molecule has 2 nitrogen and oxygen atoms in total. The average Bonchev–Trinajstić information content (AvgIpc) is 2.83. The van der Waals surface area contributed by atoms with Crippen molar-refractivity contribution < 1.29 is 16.5 Å². The molecule has 0 heterocycles. The van der Waals surface area contributed by atoms with Gasteiger partial charge in [-0.25, -0.2) is 0 Å². The molecule has 0 saturated carbocycles. The Balaban J connectivity index is 0.00000544. The molecule has 33 heavy (non-hydrogen) atoms. The summed E-state index contributed by atoms with van der Waals surface area (Å²) in [6, 6.07) is 13.6. The summed E-state index contributed by atoms with van der Waals surface area (Å²) >= 11 is 0. The Kier molecular flexibility index (Phi) is 14.2. The smallest absolute Gasteiger partial charge is 0.0639 e. The molecular weight excluding hydrogens is 447 g/mol. The maximum Gasteiger partial charge on any atom is 0.0639 e. The third-order valence-electron chi connectivity index (χ3n) is 6.17. The van der Waals surface area contributed by atoms with Gasteiger partial charge in [0.25, 0.3) is 0 Å². The number of hydrogen-bond donors (Lipinski definition) is 0. The van der Waals surface area contributed by atoms with Crippen LogP contribution in [0.15, 0.2) is 46.4 Å². The van der Waals surface area contributed by atoms with E-state index in [9.17, 15) is 0 Å². The molecule has 0 aromatic heterocycles. The van der Waals surface area contributed by atoms with Crippen molar-refractivity contribution in [1.29, 1.82) is 0 Å². The monoisotopic (exact) mass is 490 g/mol. The van der Waals surface area contributed by atoms with E-state index in [2.05, 4.69) is 77.9 Å². The van der Waals surface area contributed by atoms with Crippen molar-refractivity contribution in [3.63, 3.8) is 0 Å². The fourth-order valence-electron chi connectivity index (χ4n) is 4.07. The fourth-order valence-corrected chi connectivity index (χ4v) is 4.07. The topological polar surface area (TPSA) is 24.7 Å². The van der Waals surface area contributed by atoms with Crippen LogP contribution in [0.5, 0.6) is 0 Å². The molecule has 0 unspecified atom stereocenters. The van der Waals surface area contributed by atoms with Gasteiger partial charge in [-0.2, -0.15) is 0 Å². The van der Waals surface area contributed by atoms with Gasteiger partial charge in [0.1, 0.15) is 0 Å². The van der Waals surface area contributed by atoms with Crippen LogP contribution in [0.4, 0.5) is 11.4 Å². The molecule has 184 valence electrons. The van der Waals surface area contributed by atoms with Crippen molar-refractivity contribution in [3.8, 4) is 0 Å². The minimum Gasteiger partial charge on any atom is -0.252 e. The largest absolute Gasteiger partial charge is 0.252 e. The molecule has 0 spiro atoms. The number of aryl methyl sites for hydroxylation is 4. The average molecular weight is 491 g/mol. The molecule has 0 atom stereocenters. The fraction of sp³-hybridized carbons (Fsp3) is 0.533. The normalized spacial score (nSPS) is 12.1. The van der Waals surface area contributed by atoms with Gasteiger partial charge in [0.2, 0.25) is 0 Å². The number of benzene rings is 2. The number of rotatable bonds is 13. The molecule has 0 fully saturated rings. The molecular formula is C30H44N2Ni. The molecule has 0 bridgehead atoms. The van der Waals surface area contributed by atoms with Crippen molar-refractivity contribution in [2.75, 3.05) is 0 Å². The number of hydrogen-bond acceptors (Lipinski definition) is 2. The summed E-state index contributed by atoms with van der Waals surface area (Å²) < 4.78 is 0. The Bertz CT molecular complexity index is 867. The quantitative estimate of drug-likeness (QED) is 0.152. The first-order chi connectivity index (χ1) is 15.6. The first-order valence-electron chi connectivity index (χ1n) is 13.0. The summed E-state index contributed by atoms with van der Waals surface area (Å²) in [6.07, 6.45) is 11.0. The van der Waals surface area contributed by atoms with Crippen LogP contribution >= 0.6 is 0 Å². The molecule has 0 N–H and O–H groups in total. The van der Waals surface area contributed by atoms with Gasteiger partial charge < -0.3 is 0 Å². The van der Waals surface area contributed by atoms with Crippen LogP contribution in [0.3, 0.4) is 0 Å². The number of unbranched alkanes of at least 4 members (excludes halogenated alkanes) is 3. The van der Waals surface area contributed by atoms with E-state index >= 15 is 0 Å². The van der Waals surface area contributed by atoms with Gasteiger partial charge in [-0.3, -0.25) is 9.98 Å². The minimum atomic E-state index is 0. The summed E-state index contributed by atoms with van der Waals surface area (Å²) in [5.41, 5.74) is 9.93. The van der Waals surface area contributed by atoms with Crippen LogP contribution in [0.25, 0.3) is 0 Å².